The summed E-state index contributed by atoms with van der Waals surface area (Å²) in [6, 6.07) is 0. The van der Waals surface area contributed by atoms with Crippen molar-refractivity contribution in [3.8, 4) is 0 Å². The van der Waals surface area contributed by atoms with Crippen molar-refractivity contribution in [2.45, 2.75) is 19.8 Å². The van der Waals surface area contributed by atoms with Crippen molar-refractivity contribution in [3.63, 3.8) is 0 Å². The van der Waals surface area contributed by atoms with E-state index in [1.54, 1.807) is 0 Å². The van der Waals surface area contributed by atoms with Gasteiger partial charge in [0.2, 0.25) is 6.54 Å². The fourth-order valence-corrected chi connectivity index (χ4v) is 0.488. The minimum Gasteiger partial charge on any atom is -0.375 e. The number of nitrogens with zero attached hydrogens (tertiary/aromatic N) is 1. The van der Waals surface area contributed by atoms with Crippen LogP contribution in [0.3, 0.4) is 0 Å². The number of hydrogen-bond acceptors (Lipinski definition) is 3. The van der Waals surface area contributed by atoms with Gasteiger partial charge in [-0.15, -0.1) is 0 Å². The normalized spacial score (nSPS) is 9.70. The average Bonchev–Trinajstić information content (AvgIpc) is 1.87. The summed E-state index contributed by atoms with van der Waals surface area (Å²) >= 11 is 0. The molecule has 4 heteroatoms. The Morgan fingerprint density at radius 3 is 2.70 bits per heavy atom. The van der Waals surface area contributed by atoms with Gasteiger partial charge < -0.3 is 4.74 Å². The van der Waals surface area contributed by atoms with Gasteiger partial charge in [-0.1, -0.05) is 13.3 Å². The summed E-state index contributed by atoms with van der Waals surface area (Å²) in [7, 11) is 0. The van der Waals surface area contributed by atoms with Gasteiger partial charge in [-0.05, 0) is 6.42 Å². The summed E-state index contributed by atoms with van der Waals surface area (Å²) in [5, 5.41) is 9.76. The molecule has 60 valence electrons. The van der Waals surface area contributed by atoms with Gasteiger partial charge in [0.25, 0.3) is 0 Å². The maximum atomic E-state index is 9.76. The van der Waals surface area contributed by atoms with Crippen LogP contribution in [-0.4, -0.2) is 24.7 Å². The van der Waals surface area contributed by atoms with Gasteiger partial charge in [0.15, 0.2) is 0 Å². The number of hydrogen-bond donors (Lipinski definition) is 0. The molecule has 0 spiro atoms. The number of rotatable bonds is 6. The Balaban J connectivity index is 2.84. The van der Waals surface area contributed by atoms with Crippen LogP contribution in [0.4, 0.5) is 0 Å². The Hall–Kier alpha value is -0.640. The molecule has 0 fully saturated rings. The first kappa shape index (κ1) is 9.36. The molecule has 0 aliphatic heterocycles. The van der Waals surface area contributed by atoms with E-state index >= 15 is 0 Å². The third kappa shape index (κ3) is 7.36. The lowest BCUT2D eigenvalue weighted by molar-refractivity contribution is -0.483. The van der Waals surface area contributed by atoms with Crippen molar-refractivity contribution in [1.82, 2.24) is 0 Å². The second-order valence-corrected chi connectivity index (χ2v) is 2.02. The molecule has 0 aromatic rings. The summed E-state index contributed by atoms with van der Waals surface area (Å²) in [6.07, 6.45) is 2.05. The Labute approximate surface area is 60.3 Å². The van der Waals surface area contributed by atoms with Gasteiger partial charge in [-0.25, -0.2) is 0 Å². The molecule has 0 aromatic carbocycles. The molecule has 0 heterocycles. The van der Waals surface area contributed by atoms with Crippen LogP contribution in [0, 0.1) is 10.1 Å². The van der Waals surface area contributed by atoms with Gasteiger partial charge >= 0.3 is 0 Å². The molecule has 0 atom stereocenters. The van der Waals surface area contributed by atoms with E-state index in [1.165, 1.54) is 0 Å². The zero-order valence-electron chi connectivity index (χ0n) is 6.21. The standard InChI is InChI=1S/C6H13NO3/c1-2-3-5-10-6-4-7(8)9/h2-6H2,1H3. The molecule has 10 heavy (non-hydrogen) atoms. The van der Waals surface area contributed by atoms with E-state index in [1.807, 2.05) is 0 Å². The monoisotopic (exact) mass is 147 g/mol. The first-order valence-electron chi connectivity index (χ1n) is 3.47. The van der Waals surface area contributed by atoms with Crippen LogP contribution in [0.5, 0.6) is 0 Å². The van der Waals surface area contributed by atoms with Crippen LogP contribution < -0.4 is 0 Å². The SMILES string of the molecule is CCCCOCC[N+](=O)[O-]. The lowest BCUT2D eigenvalue weighted by Crippen LogP contribution is -2.09. The summed E-state index contributed by atoms with van der Waals surface area (Å²) in [4.78, 5) is 9.39. The van der Waals surface area contributed by atoms with Crippen molar-refractivity contribution in [1.29, 1.82) is 0 Å². The van der Waals surface area contributed by atoms with E-state index in [2.05, 4.69) is 6.92 Å². The van der Waals surface area contributed by atoms with Gasteiger partial charge in [-0.3, -0.25) is 10.1 Å². The van der Waals surface area contributed by atoms with Gasteiger partial charge in [0, 0.05) is 11.5 Å². The molecule has 0 saturated heterocycles. The quantitative estimate of drug-likeness (QED) is 0.321. The highest BCUT2D eigenvalue weighted by atomic mass is 16.6. The van der Waals surface area contributed by atoms with E-state index in [0.717, 1.165) is 12.8 Å². The zero-order chi connectivity index (χ0) is 7.82. The van der Waals surface area contributed by atoms with Crippen LogP contribution >= 0.6 is 0 Å². The van der Waals surface area contributed by atoms with Crippen molar-refractivity contribution >= 4 is 0 Å². The minimum absolute atomic E-state index is 0.0796. The lowest BCUT2D eigenvalue weighted by Gasteiger charge is -1.97. The van der Waals surface area contributed by atoms with Crippen LogP contribution in [-0.2, 0) is 4.74 Å². The first-order chi connectivity index (χ1) is 4.77. The fourth-order valence-electron chi connectivity index (χ4n) is 0.488. The minimum atomic E-state index is -0.369. The Morgan fingerprint density at radius 2 is 2.20 bits per heavy atom. The van der Waals surface area contributed by atoms with Crippen LogP contribution in [0.15, 0.2) is 0 Å². The lowest BCUT2D eigenvalue weighted by atomic mass is 10.4. The fraction of sp³-hybridized carbons (Fsp3) is 1.00. The predicted octanol–water partition coefficient (Wildman–Crippen LogP) is 1.08. The molecule has 0 bridgehead atoms. The summed E-state index contributed by atoms with van der Waals surface area (Å²) in [6.45, 7) is 2.86. The molecule has 0 unspecified atom stereocenters. The van der Waals surface area contributed by atoms with Crippen LogP contribution in [0.25, 0.3) is 0 Å². The third-order valence-corrected chi connectivity index (χ3v) is 1.06. The highest BCUT2D eigenvalue weighted by molar-refractivity contribution is 4.32. The summed E-state index contributed by atoms with van der Waals surface area (Å²) < 4.78 is 4.94. The largest absolute Gasteiger partial charge is 0.375 e. The maximum Gasteiger partial charge on any atom is 0.226 e. The van der Waals surface area contributed by atoms with Gasteiger partial charge in [0.1, 0.15) is 6.61 Å². The molecule has 0 rings (SSSR count). The summed E-state index contributed by atoms with van der Waals surface area (Å²) in [5.74, 6) is 0. The molecular formula is C6H13NO3. The third-order valence-electron chi connectivity index (χ3n) is 1.06. The van der Waals surface area contributed by atoms with Crippen molar-refractivity contribution in [2.75, 3.05) is 19.8 Å². The van der Waals surface area contributed by atoms with E-state index in [4.69, 9.17) is 4.74 Å². The number of unbranched alkanes of at least 4 members (excludes halogenated alkanes) is 1. The topological polar surface area (TPSA) is 52.4 Å². The van der Waals surface area contributed by atoms with E-state index in [-0.39, 0.29) is 18.1 Å². The van der Waals surface area contributed by atoms with Crippen molar-refractivity contribution in [2.24, 2.45) is 0 Å². The Kier molecular flexibility index (Phi) is 6.06. The highest BCUT2D eigenvalue weighted by Crippen LogP contribution is 1.86. The second kappa shape index (κ2) is 6.48. The van der Waals surface area contributed by atoms with E-state index < -0.39 is 0 Å². The molecule has 4 nitrogen and oxygen atoms in total. The maximum absolute atomic E-state index is 9.76. The molecule has 0 aliphatic carbocycles. The number of nitro groups is 1. The van der Waals surface area contributed by atoms with Crippen LogP contribution in [0.2, 0.25) is 0 Å². The second-order valence-electron chi connectivity index (χ2n) is 2.02. The van der Waals surface area contributed by atoms with Crippen LogP contribution in [0.1, 0.15) is 19.8 Å². The molecule has 0 aliphatic rings. The Bertz CT molecular complexity index is 95.0. The molecule has 0 radical (unpaired) electrons. The highest BCUT2D eigenvalue weighted by Gasteiger charge is 1.94. The Morgan fingerprint density at radius 1 is 1.50 bits per heavy atom. The smallest absolute Gasteiger partial charge is 0.226 e. The van der Waals surface area contributed by atoms with Crippen molar-refractivity contribution < 1.29 is 9.66 Å². The molecular weight excluding hydrogens is 134 g/mol. The van der Waals surface area contributed by atoms with Crippen molar-refractivity contribution in [3.05, 3.63) is 10.1 Å². The van der Waals surface area contributed by atoms with Gasteiger partial charge in [0.05, 0.1) is 0 Å². The summed E-state index contributed by atoms with van der Waals surface area (Å²) in [5.41, 5.74) is 0. The average molecular weight is 147 g/mol. The first-order valence-corrected chi connectivity index (χ1v) is 3.47. The zero-order valence-corrected chi connectivity index (χ0v) is 6.21. The predicted molar refractivity (Wildman–Crippen MR) is 37.6 cm³/mol. The molecule has 0 N–H and O–H groups in total. The molecule has 0 saturated carbocycles. The van der Waals surface area contributed by atoms with E-state index in [9.17, 15) is 10.1 Å². The van der Waals surface area contributed by atoms with Gasteiger partial charge in [-0.2, -0.15) is 0 Å². The molecule has 0 amide bonds. The molecule has 0 aromatic heterocycles. The number of ether oxygens (including phenoxy) is 1. The van der Waals surface area contributed by atoms with E-state index in [0.29, 0.717) is 6.61 Å².